The van der Waals surface area contributed by atoms with Crippen LogP contribution < -0.4 is 0 Å². The van der Waals surface area contributed by atoms with Crippen molar-refractivity contribution in [2.45, 2.75) is 55.9 Å². The summed E-state index contributed by atoms with van der Waals surface area (Å²) in [7, 11) is -3.60. The van der Waals surface area contributed by atoms with E-state index in [1.165, 1.54) is 0 Å². The Balaban J connectivity index is 1.37. The van der Waals surface area contributed by atoms with Crippen LogP contribution in [0.3, 0.4) is 0 Å². The summed E-state index contributed by atoms with van der Waals surface area (Å²) in [6.45, 7) is 4.73. The van der Waals surface area contributed by atoms with E-state index in [0.29, 0.717) is 37.9 Å². The van der Waals surface area contributed by atoms with E-state index >= 15 is 0 Å². The first-order valence-electron chi connectivity index (χ1n) is 12.0. The van der Waals surface area contributed by atoms with Crippen molar-refractivity contribution in [3.8, 4) is 0 Å². The molecule has 2 aromatic carbocycles. The first-order chi connectivity index (χ1) is 16.0. The van der Waals surface area contributed by atoms with E-state index in [1.54, 1.807) is 16.4 Å². The van der Waals surface area contributed by atoms with Crippen LogP contribution >= 0.6 is 0 Å². The highest BCUT2D eigenvalue weighted by Gasteiger charge is 2.56. The third-order valence-corrected chi connectivity index (χ3v) is 9.25. The molecule has 1 saturated carbocycles. The number of piperidine rings is 1. The summed E-state index contributed by atoms with van der Waals surface area (Å²) in [6, 6.07) is 17.1. The minimum absolute atomic E-state index is 0.0411. The summed E-state index contributed by atoms with van der Waals surface area (Å²) in [5, 5.41) is 0. The van der Waals surface area contributed by atoms with Crippen LogP contribution in [0, 0.1) is 18.8 Å². The zero-order valence-corrected chi connectivity index (χ0v) is 20.0. The number of hydrogen-bond acceptors (Lipinski definition) is 5. The van der Waals surface area contributed by atoms with Crippen LogP contribution in [-0.2, 0) is 30.8 Å². The molecular weight excluding hydrogens is 438 g/mol. The van der Waals surface area contributed by atoms with Crippen LogP contribution in [0.5, 0.6) is 0 Å². The summed E-state index contributed by atoms with van der Waals surface area (Å²) >= 11 is 0. The Morgan fingerprint density at radius 2 is 1.79 bits per heavy atom. The van der Waals surface area contributed by atoms with Gasteiger partial charge >= 0.3 is 0 Å². The van der Waals surface area contributed by atoms with Crippen molar-refractivity contribution in [2.75, 3.05) is 26.4 Å². The predicted octanol–water partition coefficient (Wildman–Crippen LogP) is 4.13. The molecule has 7 heteroatoms. The Morgan fingerprint density at radius 1 is 1.06 bits per heavy atom. The second-order valence-corrected chi connectivity index (χ2v) is 11.5. The molecule has 1 unspecified atom stereocenters. The van der Waals surface area contributed by atoms with Crippen molar-refractivity contribution in [1.82, 2.24) is 4.31 Å². The molecule has 178 valence electrons. The normalized spacial score (nSPS) is 27.5. The van der Waals surface area contributed by atoms with Gasteiger partial charge in [0.2, 0.25) is 10.0 Å². The number of rotatable bonds is 6. The molecule has 2 aromatic rings. The Kier molecular flexibility index (Phi) is 6.60. The molecule has 5 rings (SSSR count). The van der Waals surface area contributed by atoms with Crippen LogP contribution in [0.2, 0.25) is 0 Å². The number of hydrogen-bond donors (Lipinski definition) is 0. The maximum atomic E-state index is 13.7. The zero-order valence-electron chi connectivity index (χ0n) is 19.2. The lowest BCUT2D eigenvalue weighted by Crippen LogP contribution is -2.60. The average Bonchev–Trinajstić information content (AvgIpc) is 3.28. The van der Waals surface area contributed by atoms with E-state index in [9.17, 15) is 8.42 Å². The third kappa shape index (κ3) is 4.62. The van der Waals surface area contributed by atoms with Gasteiger partial charge < -0.3 is 14.2 Å². The fourth-order valence-electron chi connectivity index (χ4n) is 5.79. The summed E-state index contributed by atoms with van der Waals surface area (Å²) < 4.78 is 47.6. The van der Waals surface area contributed by atoms with Crippen LogP contribution in [-0.4, -0.2) is 50.9 Å². The highest BCUT2D eigenvalue weighted by Crippen LogP contribution is 2.49. The lowest BCUT2D eigenvalue weighted by Gasteiger charge is -2.52. The lowest BCUT2D eigenvalue weighted by molar-refractivity contribution is -0.243. The van der Waals surface area contributed by atoms with Gasteiger partial charge in [-0.2, -0.15) is 4.31 Å². The molecule has 3 atom stereocenters. The predicted molar refractivity (Wildman–Crippen MR) is 125 cm³/mol. The van der Waals surface area contributed by atoms with Crippen LogP contribution in [0.4, 0.5) is 0 Å². The molecule has 2 heterocycles. The Morgan fingerprint density at radius 3 is 2.52 bits per heavy atom. The molecular formula is C26H33NO5S. The lowest BCUT2D eigenvalue weighted by atomic mass is 9.70. The van der Waals surface area contributed by atoms with Gasteiger partial charge in [0.05, 0.1) is 31.3 Å². The highest BCUT2D eigenvalue weighted by molar-refractivity contribution is 7.89. The molecule has 33 heavy (non-hydrogen) atoms. The molecule has 2 saturated heterocycles. The topological polar surface area (TPSA) is 65.1 Å². The van der Waals surface area contributed by atoms with E-state index < -0.39 is 15.8 Å². The maximum Gasteiger partial charge on any atom is 0.243 e. The largest absolute Gasteiger partial charge is 0.376 e. The summed E-state index contributed by atoms with van der Waals surface area (Å²) in [4.78, 5) is 0.360. The smallest absolute Gasteiger partial charge is 0.243 e. The van der Waals surface area contributed by atoms with Gasteiger partial charge in [-0.1, -0.05) is 48.0 Å². The Hall–Kier alpha value is -1.77. The number of sulfonamides is 1. The Labute approximate surface area is 196 Å². The van der Waals surface area contributed by atoms with Crippen molar-refractivity contribution in [1.29, 1.82) is 0 Å². The minimum atomic E-state index is -3.60. The van der Waals surface area contributed by atoms with Gasteiger partial charge in [-0.05, 0) is 49.8 Å². The van der Waals surface area contributed by atoms with Crippen molar-refractivity contribution in [3.63, 3.8) is 0 Å². The molecule has 1 spiro atoms. The van der Waals surface area contributed by atoms with Crippen LogP contribution in [0.1, 0.15) is 36.8 Å². The van der Waals surface area contributed by atoms with Gasteiger partial charge in [-0.15, -0.1) is 0 Å². The third-order valence-electron chi connectivity index (χ3n) is 7.31. The number of aryl methyl sites for hydroxylation is 1. The molecule has 0 N–H and O–H groups in total. The summed E-state index contributed by atoms with van der Waals surface area (Å²) in [5.74, 6) is -0.494. The first-order valence-corrected chi connectivity index (χ1v) is 13.4. The zero-order chi connectivity index (χ0) is 22.9. The minimum Gasteiger partial charge on any atom is -0.376 e. The molecule has 3 aliphatic rings. The molecule has 0 bridgehead atoms. The highest BCUT2D eigenvalue weighted by atomic mass is 32.2. The van der Waals surface area contributed by atoms with Gasteiger partial charge in [0.15, 0.2) is 5.79 Å². The van der Waals surface area contributed by atoms with Crippen molar-refractivity contribution in [2.24, 2.45) is 11.8 Å². The van der Waals surface area contributed by atoms with Gasteiger partial charge in [0.1, 0.15) is 0 Å². The molecule has 3 fully saturated rings. The standard InChI is InChI=1S/C26H33NO5S/c1-20-9-11-23(12-10-20)33(28,29)27-13-5-8-24-25(27)16-22(17-26(24)31-14-15-32-26)19-30-18-21-6-3-2-4-7-21/h2-4,6-7,9-12,22,24-25H,5,8,13-19H2,1H3/t22?,24-,25-/m1/s1. The second kappa shape index (κ2) is 9.47. The van der Waals surface area contributed by atoms with E-state index in [1.807, 2.05) is 37.3 Å². The van der Waals surface area contributed by atoms with Gasteiger partial charge in [-0.25, -0.2) is 8.42 Å². The fraction of sp³-hybridized carbons (Fsp3) is 0.538. The molecule has 2 aliphatic heterocycles. The molecule has 0 radical (unpaired) electrons. The average molecular weight is 472 g/mol. The number of ether oxygens (including phenoxy) is 3. The molecule has 1 aliphatic carbocycles. The van der Waals surface area contributed by atoms with E-state index in [-0.39, 0.29) is 17.9 Å². The summed E-state index contributed by atoms with van der Waals surface area (Å²) in [6.07, 6.45) is 3.25. The van der Waals surface area contributed by atoms with Gasteiger partial charge in [0, 0.05) is 24.9 Å². The van der Waals surface area contributed by atoms with Crippen LogP contribution in [0.15, 0.2) is 59.5 Å². The SMILES string of the molecule is Cc1ccc(S(=O)(=O)N2CCC[C@@H]3[C@H]2CC(COCc2ccccc2)CC32OCCO2)cc1. The Bertz CT molecular complexity index is 1030. The number of nitrogens with zero attached hydrogens (tertiary/aromatic N) is 1. The van der Waals surface area contributed by atoms with Crippen LogP contribution in [0.25, 0.3) is 0 Å². The first kappa shape index (κ1) is 23.0. The molecule has 6 nitrogen and oxygen atoms in total. The van der Waals surface area contributed by atoms with Gasteiger partial charge in [0.25, 0.3) is 0 Å². The van der Waals surface area contributed by atoms with E-state index in [4.69, 9.17) is 14.2 Å². The summed E-state index contributed by atoms with van der Waals surface area (Å²) in [5.41, 5.74) is 2.18. The monoisotopic (exact) mass is 471 g/mol. The van der Waals surface area contributed by atoms with E-state index in [0.717, 1.165) is 36.8 Å². The van der Waals surface area contributed by atoms with Gasteiger partial charge in [-0.3, -0.25) is 0 Å². The molecule has 0 amide bonds. The number of benzene rings is 2. The van der Waals surface area contributed by atoms with Crippen molar-refractivity contribution in [3.05, 3.63) is 65.7 Å². The second-order valence-electron chi connectivity index (χ2n) is 9.56. The van der Waals surface area contributed by atoms with Crippen molar-refractivity contribution >= 4 is 10.0 Å². The quantitative estimate of drug-likeness (QED) is 0.634. The van der Waals surface area contributed by atoms with Crippen molar-refractivity contribution < 1.29 is 22.6 Å². The molecule has 0 aromatic heterocycles. The maximum absolute atomic E-state index is 13.7. The number of fused-ring (bicyclic) bond motifs is 2. The van der Waals surface area contributed by atoms with E-state index in [2.05, 4.69) is 12.1 Å². The fourth-order valence-corrected chi connectivity index (χ4v) is 7.50.